The smallest absolute Gasteiger partial charge is 0.0837 e. The molecule has 0 fully saturated rings. The Morgan fingerprint density at radius 3 is 1.92 bits per heavy atom. The molecule has 0 aromatic heterocycles. The van der Waals surface area contributed by atoms with Gasteiger partial charge in [0.25, 0.3) is 0 Å². The van der Waals surface area contributed by atoms with Crippen molar-refractivity contribution in [2.75, 3.05) is 0 Å². The zero-order chi connectivity index (χ0) is 34.7. The Bertz CT molecular complexity index is 2620. The number of nitrogens with zero attached hydrogens (tertiary/aromatic N) is 1. The second-order valence-electron chi connectivity index (χ2n) is 12.8. The van der Waals surface area contributed by atoms with Crippen molar-refractivity contribution in [3.63, 3.8) is 0 Å². The molecule has 2 heteroatoms. The molecule has 0 atom stereocenters. The molecule has 0 heterocycles. The summed E-state index contributed by atoms with van der Waals surface area (Å²) in [6.07, 6.45) is 4.02. The van der Waals surface area contributed by atoms with Gasteiger partial charge in [0.1, 0.15) is 0 Å². The zero-order valence-electron chi connectivity index (χ0n) is 28.6. The lowest BCUT2D eigenvalue weighted by Gasteiger charge is -2.17. The van der Waals surface area contributed by atoms with Gasteiger partial charge in [-0.15, -0.1) is 11.8 Å². The van der Waals surface area contributed by atoms with Crippen LogP contribution in [0.5, 0.6) is 0 Å². The molecule has 0 amide bonds. The van der Waals surface area contributed by atoms with Gasteiger partial charge >= 0.3 is 0 Å². The maximum atomic E-state index is 4.69. The summed E-state index contributed by atoms with van der Waals surface area (Å²) in [5.74, 6) is 0.811. The molecule has 0 saturated carbocycles. The van der Waals surface area contributed by atoms with Crippen molar-refractivity contribution in [2.45, 2.75) is 17.6 Å². The van der Waals surface area contributed by atoms with Crippen LogP contribution >= 0.6 is 11.8 Å². The number of thioether (sulfide) groups is 1. The summed E-state index contributed by atoms with van der Waals surface area (Å²) < 4.78 is 0. The fraction of sp³-hybridized carbons (Fsp3) is 0.0408. The van der Waals surface area contributed by atoms with Crippen molar-refractivity contribution in [3.8, 4) is 33.4 Å². The predicted octanol–water partition coefficient (Wildman–Crippen LogP) is 14.4. The zero-order valence-corrected chi connectivity index (χ0v) is 29.5. The number of aliphatic imine (C=N–C) groups is 1. The molecular weight excluding hydrogens is 635 g/mol. The van der Waals surface area contributed by atoms with E-state index in [-0.39, 0.29) is 0 Å². The Balaban J connectivity index is 1.16. The molecule has 8 aromatic rings. The minimum Gasteiger partial charge on any atom is -0.263 e. The molecule has 0 aliphatic carbocycles. The van der Waals surface area contributed by atoms with E-state index in [4.69, 9.17) is 0 Å². The maximum absolute atomic E-state index is 4.69. The molecule has 0 N–H and O–H groups in total. The van der Waals surface area contributed by atoms with Crippen LogP contribution in [0.2, 0.25) is 0 Å². The molecule has 0 aliphatic rings. The molecule has 0 saturated heterocycles. The van der Waals surface area contributed by atoms with Crippen LogP contribution in [0.4, 0.5) is 5.69 Å². The second-order valence-corrected chi connectivity index (χ2v) is 13.8. The molecule has 0 spiro atoms. The molecule has 1 nitrogen and oxygen atoms in total. The van der Waals surface area contributed by atoms with Crippen molar-refractivity contribution in [1.82, 2.24) is 0 Å². The summed E-state index contributed by atoms with van der Waals surface area (Å²) in [7, 11) is 0. The van der Waals surface area contributed by atoms with Crippen molar-refractivity contribution < 1.29 is 0 Å². The highest BCUT2D eigenvalue weighted by atomic mass is 32.2. The van der Waals surface area contributed by atoms with E-state index in [2.05, 4.69) is 189 Å². The van der Waals surface area contributed by atoms with Gasteiger partial charge in [-0.3, -0.25) is 4.99 Å². The first-order valence-corrected chi connectivity index (χ1v) is 18.3. The Morgan fingerprint density at radius 2 is 1.22 bits per heavy atom. The molecule has 244 valence electrons. The quantitative estimate of drug-likeness (QED) is 0.0845. The Morgan fingerprint density at radius 1 is 0.569 bits per heavy atom. The van der Waals surface area contributed by atoms with Crippen LogP contribution in [0.1, 0.15) is 18.1 Å². The number of allylic oxidation sites excluding steroid dienone is 3. The van der Waals surface area contributed by atoms with Crippen molar-refractivity contribution in [1.29, 1.82) is 0 Å². The summed E-state index contributed by atoms with van der Waals surface area (Å²) in [5, 5.41) is 7.34. The topological polar surface area (TPSA) is 12.4 Å². The number of fused-ring (bicyclic) bond motifs is 3. The summed E-state index contributed by atoms with van der Waals surface area (Å²) in [4.78, 5) is 5.81. The first-order valence-electron chi connectivity index (χ1n) is 17.3. The van der Waals surface area contributed by atoms with Crippen LogP contribution < -0.4 is 0 Å². The summed E-state index contributed by atoms with van der Waals surface area (Å²) >= 11 is 1.82. The average Bonchev–Trinajstić information content (AvgIpc) is 3.19. The van der Waals surface area contributed by atoms with Gasteiger partial charge in [0.15, 0.2) is 0 Å². The molecule has 0 unspecified atom stereocenters. The van der Waals surface area contributed by atoms with Crippen LogP contribution in [0.15, 0.2) is 186 Å². The largest absolute Gasteiger partial charge is 0.263 e. The van der Waals surface area contributed by atoms with Gasteiger partial charge in [0.05, 0.1) is 5.69 Å². The molecule has 8 aromatic carbocycles. The normalized spacial score (nSPS) is 11.7. The summed E-state index contributed by atoms with van der Waals surface area (Å²) in [5.41, 5.74) is 11.6. The van der Waals surface area contributed by atoms with E-state index < -0.39 is 0 Å². The van der Waals surface area contributed by atoms with Crippen molar-refractivity contribution >= 4 is 62.1 Å². The van der Waals surface area contributed by atoms with E-state index >= 15 is 0 Å². The summed E-state index contributed by atoms with van der Waals surface area (Å²) in [6.45, 7) is 10.1. The van der Waals surface area contributed by atoms with E-state index in [0.717, 1.165) is 33.0 Å². The minimum atomic E-state index is 0.811. The molecular formula is C49H37NS. The van der Waals surface area contributed by atoms with Gasteiger partial charge in [0.2, 0.25) is 0 Å². The van der Waals surface area contributed by atoms with Crippen LogP contribution in [0, 0.1) is 0 Å². The first kappa shape index (κ1) is 32.3. The molecule has 51 heavy (non-hydrogen) atoms. The van der Waals surface area contributed by atoms with E-state index in [0.29, 0.717) is 0 Å². The average molecular weight is 672 g/mol. The minimum absolute atomic E-state index is 0.811. The Kier molecular flexibility index (Phi) is 8.92. The van der Waals surface area contributed by atoms with Gasteiger partial charge < -0.3 is 0 Å². The highest BCUT2D eigenvalue weighted by Crippen LogP contribution is 2.45. The maximum Gasteiger partial charge on any atom is 0.0837 e. The van der Waals surface area contributed by atoms with Crippen molar-refractivity contribution in [2.24, 2.45) is 4.99 Å². The molecule has 0 aliphatic heterocycles. The third-order valence-corrected chi connectivity index (χ3v) is 10.9. The monoisotopic (exact) mass is 671 g/mol. The molecule has 8 rings (SSSR count). The second kappa shape index (κ2) is 14.1. The van der Waals surface area contributed by atoms with E-state index in [1.54, 1.807) is 0 Å². The van der Waals surface area contributed by atoms with Crippen molar-refractivity contribution in [3.05, 3.63) is 188 Å². The third-order valence-electron chi connectivity index (χ3n) is 9.80. The Labute approximate surface area is 304 Å². The SMILES string of the molecule is C=C/C(=C\C)c1ccc2ccc(-c3ccc(CSc4cc(-c5cccc6ccccc56)cc(-c5cccc6ccccc56)c4N=C)cc3)cc2c1. The van der Waals surface area contributed by atoms with Gasteiger partial charge in [-0.2, -0.15) is 0 Å². The molecule has 0 radical (unpaired) electrons. The summed E-state index contributed by atoms with van der Waals surface area (Å²) in [6, 6.07) is 57.2. The van der Waals surface area contributed by atoms with Gasteiger partial charge in [0, 0.05) is 16.2 Å². The third kappa shape index (κ3) is 6.31. The van der Waals surface area contributed by atoms with Crippen LogP contribution in [0.25, 0.3) is 71.3 Å². The standard InChI is InChI=1S/C49H37NS/c1-4-34(5-2)39-26-24-36-25-27-40(29-41(36)28-39)35-22-20-33(21-23-35)32-51-48-31-42(45-18-10-14-37-12-6-8-16-43(37)45)30-47(49(48)50-3)46-19-11-15-38-13-7-9-17-44(38)46/h4-31H,1,3,32H2,2H3/b34-5+. The van der Waals surface area contributed by atoms with E-state index in [1.165, 1.54) is 65.7 Å². The van der Waals surface area contributed by atoms with Crippen LogP contribution in [-0.4, -0.2) is 6.72 Å². The lowest BCUT2D eigenvalue weighted by Crippen LogP contribution is -1.90. The Hall–Kier alpha value is -5.96. The van der Waals surface area contributed by atoms with Crippen LogP contribution in [-0.2, 0) is 5.75 Å². The van der Waals surface area contributed by atoms with Crippen LogP contribution in [0.3, 0.4) is 0 Å². The highest BCUT2D eigenvalue weighted by Gasteiger charge is 2.17. The fourth-order valence-corrected chi connectivity index (χ4v) is 8.18. The molecule has 0 bridgehead atoms. The number of rotatable bonds is 9. The predicted molar refractivity (Wildman–Crippen MR) is 224 cm³/mol. The number of benzene rings is 8. The van der Waals surface area contributed by atoms with Gasteiger partial charge in [-0.25, -0.2) is 0 Å². The number of hydrogen-bond donors (Lipinski definition) is 0. The lowest BCUT2D eigenvalue weighted by atomic mass is 9.92. The van der Waals surface area contributed by atoms with Gasteiger partial charge in [-0.1, -0.05) is 152 Å². The van der Waals surface area contributed by atoms with E-state index in [1.807, 2.05) is 17.8 Å². The lowest BCUT2D eigenvalue weighted by molar-refractivity contribution is 1.35. The first-order chi connectivity index (χ1) is 25.1. The highest BCUT2D eigenvalue weighted by molar-refractivity contribution is 7.98. The fourth-order valence-electron chi connectivity index (χ4n) is 7.14. The number of hydrogen-bond acceptors (Lipinski definition) is 2. The van der Waals surface area contributed by atoms with Gasteiger partial charge in [-0.05, 0) is 115 Å². The van der Waals surface area contributed by atoms with E-state index in [9.17, 15) is 0 Å².